The van der Waals surface area contributed by atoms with E-state index in [-0.39, 0.29) is 11.3 Å². The van der Waals surface area contributed by atoms with Gasteiger partial charge in [-0.1, -0.05) is 0 Å². The zero-order chi connectivity index (χ0) is 15.7. The summed E-state index contributed by atoms with van der Waals surface area (Å²) >= 11 is 0. The fourth-order valence-electron chi connectivity index (χ4n) is 3.94. The Labute approximate surface area is 135 Å². The molecule has 0 radical (unpaired) electrons. The molecular weight excluding hydrogens is 290 g/mol. The summed E-state index contributed by atoms with van der Waals surface area (Å²) in [5.74, 6) is 1.23. The lowest BCUT2D eigenvalue weighted by Gasteiger charge is -2.38. The molecule has 0 unspecified atom stereocenters. The Morgan fingerprint density at radius 3 is 2.96 bits per heavy atom. The van der Waals surface area contributed by atoms with Crippen molar-refractivity contribution in [2.75, 3.05) is 24.5 Å². The van der Waals surface area contributed by atoms with Crippen molar-refractivity contribution >= 4 is 11.6 Å². The first-order valence-corrected chi connectivity index (χ1v) is 8.24. The minimum atomic E-state index is -0.235. The Kier molecular flexibility index (Phi) is 3.65. The molecule has 120 valence electrons. The Morgan fingerprint density at radius 2 is 2.17 bits per heavy atom. The second-order valence-corrected chi connectivity index (χ2v) is 6.59. The van der Waals surface area contributed by atoms with Gasteiger partial charge in [0.1, 0.15) is 5.76 Å². The minimum absolute atomic E-state index is 0.235. The van der Waals surface area contributed by atoms with Crippen LogP contribution >= 0.6 is 0 Å². The van der Waals surface area contributed by atoms with Crippen molar-refractivity contribution in [1.82, 2.24) is 9.88 Å². The van der Waals surface area contributed by atoms with Gasteiger partial charge in [0.25, 0.3) is 0 Å². The summed E-state index contributed by atoms with van der Waals surface area (Å²) < 4.78 is 5.46. The maximum Gasteiger partial charge on any atom is 0.234 e. The Morgan fingerprint density at radius 1 is 1.22 bits per heavy atom. The van der Waals surface area contributed by atoms with Crippen LogP contribution in [0, 0.1) is 5.41 Å². The van der Waals surface area contributed by atoms with Gasteiger partial charge in [-0.2, -0.15) is 0 Å². The van der Waals surface area contributed by atoms with E-state index in [1.54, 1.807) is 18.7 Å². The first-order valence-electron chi connectivity index (χ1n) is 8.24. The van der Waals surface area contributed by atoms with Crippen molar-refractivity contribution in [3.63, 3.8) is 0 Å². The van der Waals surface area contributed by atoms with Crippen LogP contribution in [0.3, 0.4) is 0 Å². The van der Waals surface area contributed by atoms with Crippen LogP contribution in [-0.2, 0) is 11.3 Å². The van der Waals surface area contributed by atoms with Crippen LogP contribution in [0.4, 0.5) is 5.69 Å². The molecule has 1 amide bonds. The van der Waals surface area contributed by atoms with Crippen LogP contribution in [0.1, 0.15) is 25.0 Å². The summed E-state index contributed by atoms with van der Waals surface area (Å²) in [4.78, 5) is 21.5. The van der Waals surface area contributed by atoms with E-state index in [0.29, 0.717) is 0 Å². The highest BCUT2D eigenvalue weighted by atomic mass is 16.3. The van der Waals surface area contributed by atoms with Crippen molar-refractivity contribution in [3.05, 3.63) is 48.7 Å². The van der Waals surface area contributed by atoms with Crippen molar-refractivity contribution in [2.45, 2.75) is 25.8 Å². The Hall–Kier alpha value is -2.14. The molecule has 0 aromatic carbocycles. The maximum absolute atomic E-state index is 13.1. The third-order valence-corrected chi connectivity index (χ3v) is 5.09. The van der Waals surface area contributed by atoms with Gasteiger partial charge in [0.15, 0.2) is 0 Å². The molecule has 2 aromatic heterocycles. The van der Waals surface area contributed by atoms with E-state index in [1.807, 2.05) is 29.2 Å². The highest BCUT2D eigenvalue weighted by molar-refractivity contribution is 6.00. The van der Waals surface area contributed by atoms with E-state index in [4.69, 9.17) is 4.42 Å². The van der Waals surface area contributed by atoms with Gasteiger partial charge in [0.05, 0.1) is 30.1 Å². The van der Waals surface area contributed by atoms with Gasteiger partial charge in [-0.05, 0) is 50.1 Å². The predicted octanol–water partition coefficient (Wildman–Crippen LogP) is 2.69. The molecule has 1 spiro atoms. The number of hydrogen-bond donors (Lipinski definition) is 0. The summed E-state index contributed by atoms with van der Waals surface area (Å²) in [5, 5.41) is 0. The molecule has 4 rings (SSSR count). The van der Waals surface area contributed by atoms with Crippen molar-refractivity contribution in [2.24, 2.45) is 5.41 Å². The molecule has 0 saturated carbocycles. The molecule has 4 heterocycles. The number of likely N-dealkylation sites (tertiary alicyclic amines) is 1. The molecule has 2 aromatic rings. The van der Waals surface area contributed by atoms with Gasteiger partial charge in [0, 0.05) is 19.3 Å². The van der Waals surface area contributed by atoms with E-state index in [9.17, 15) is 4.79 Å². The number of aromatic nitrogens is 1. The van der Waals surface area contributed by atoms with E-state index in [1.165, 1.54) is 0 Å². The van der Waals surface area contributed by atoms with Gasteiger partial charge in [-0.25, -0.2) is 0 Å². The molecule has 1 atom stereocenters. The molecule has 0 N–H and O–H groups in total. The standard InChI is InChI=1S/C18H21N3O2/c22-17-18(7-10-21(17)15-4-1-8-19-12-15)6-3-9-20(14-18)13-16-5-2-11-23-16/h1-2,4-5,8,11-12H,3,6-7,9-10,13-14H2/t18-/m0/s1. The van der Waals surface area contributed by atoms with E-state index in [0.717, 1.165) is 56.9 Å². The quantitative estimate of drug-likeness (QED) is 0.874. The molecule has 23 heavy (non-hydrogen) atoms. The maximum atomic E-state index is 13.1. The largest absolute Gasteiger partial charge is 0.468 e. The van der Waals surface area contributed by atoms with Crippen LogP contribution in [0.2, 0.25) is 0 Å². The summed E-state index contributed by atoms with van der Waals surface area (Å²) in [5.41, 5.74) is 0.679. The highest BCUT2D eigenvalue weighted by Gasteiger charge is 2.49. The van der Waals surface area contributed by atoms with Crippen molar-refractivity contribution < 1.29 is 9.21 Å². The monoisotopic (exact) mass is 311 g/mol. The topological polar surface area (TPSA) is 49.6 Å². The van der Waals surface area contributed by atoms with Crippen LogP contribution in [0.15, 0.2) is 47.3 Å². The van der Waals surface area contributed by atoms with Gasteiger partial charge < -0.3 is 9.32 Å². The van der Waals surface area contributed by atoms with E-state index >= 15 is 0 Å². The smallest absolute Gasteiger partial charge is 0.234 e. The third-order valence-electron chi connectivity index (χ3n) is 5.09. The predicted molar refractivity (Wildman–Crippen MR) is 86.9 cm³/mol. The molecule has 2 aliphatic rings. The first-order chi connectivity index (χ1) is 11.3. The summed E-state index contributed by atoms with van der Waals surface area (Å²) in [6, 6.07) is 7.77. The molecule has 0 aliphatic carbocycles. The highest BCUT2D eigenvalue weighted by Crippen LogP contribution is 2.41. The fraction of sp³-hybridized carbons (Fsp3) is 0.444. The number of hydrogen-bond acceptors (Lipinski definition) is 4. The zero-order valence-corrected chi connectivity index (χ0v) is 13.1. The van der Waals surface area contributed by atoms with Gasteiger partial charge in [-0.3, -0.25) is 14.7 Å². The number of amides is 1. The average Bonchev–Trinajstić information content (AvgIpc) is 3.19. The van der Waals surface area contributed by atoms with Crippen LogP contribution in [0.25, 0.3) is 0 Å². The average molecular weight is 311 g/mol. The molecule has 0 bridgehead atoms. The van der Waals surface area contributed by atoms with E-state index in [2.05, 4.69) is 9.88 Å². The number of carbonyl (C=O) groups is 1. The van der Waals surface area contributed by atoms with Crippen LogP contribution in [0.5, 0.6) is 0 Å². The number of piperidine rings is 1. The normalized spacial score (nSPS) is 25.4. The minimum Gasteiger partial charge on any atom is -0.468 e. The molecule has 2 aliphatic heterocycles. The number of rotatable bonds is 3. The number of nitrogens with zero attached hydrogens (tertiary/aromatic N) is 3. The van der Waals surface area contributed by atoms with Gasteiger partial charge in [0.2, 0.25) is 5.91 Å². The number of furan rings is 1. The molecule has 2 saturated heterocycles. The van der Waals surface area contributed by atoms with Crippen molar-refractivity contribution in [3.8, 4) is 0 Å². The van der Waals surface area contributed by atoms with Crippen LogP contribution in [-0.4, -0.2) is 35.4 Å². The second-order valence-electron chi connectivity index (χ2n) is 6.59. The summed E-state index contributed by atoms with van der Waals surface area (Å²) in [6.07, 6.45) is 8.20. The first kappa shape index (κ1) is 14.5. The lowest BCUT2D eigenvalue weighted by Crippen LogP contribution is -2.47. The molecule has 5 nitrogen and oxygen atoms in total. The summed E-state index contributed by atoms with van der Waals surface area (Å²) in [6.45, 7) is 3.43. The van der Waals surface area contributed by atoms with Gasteiger partial charge >= 0.3 is 0 Å². The lowest BCUT2D eigenvalue weighted by atomic mass is 9.78. The van der Waals surface area contributed by atoms with Gasteiger partial charge in [-0.15, -0.1) is 0 Å². The van der Waals surface area contributed by atoms with E-state index < -0.39 is 0 Å². The SMILES string of the molecule is O=C1N(c2cccnc2)CC[C@]12CCCN(Cc1ccco1)C2. The zero-order valence-electron chi connectivity index (χ0n) is 13.1. The Bertz CT molecular complexity index is 671. The molecule has 2 fully saturated rings. The molecule has 5 heteroatoms. The number of carbonyl (C=O) groups excluding carboxylic acids is 1. The Balaban J connectivity index is 1.51. The number of anilines is 1. The fourth-order valence-corrected chi connectivity index (χ4v) is 3.94. The lowest BCUT2D eigenvalue weighted by molar-refractivity contribution is -0.128. The van der Waals surface area contributed by atoms with Crippen molar-refractivity contribution in [1.29, 1.82) is 0 Å². The second kappa shape index (κ2) is 5.81. The van der Waals surface area contributed by atoms with Crippen LogP contribution < -0.4 is 4.90 Å². The summed E-state index contributed by atoms with van der Waals surface area (Å²) in [7, 11) is 0. The molecular formula is C18H21N3O2. The third kappa shape index (κ3) is 2.65. The number of pyridine rings is 1.